The van der Waals surface area contributed by atoms with Gasteiger partial charge >= 0.3 is 0 Å². The quantitative estimate of drug-likeness (QED) is 0.0150. The Labute approximate surface area is 412 Å². The first-order chi connectivity index (χ1) is 34.9. The normalized spacial score (nSPS) is 12.0. The van der Waals surface area contributed by atoms with E-state index in [0.29, 0.717) is 5.75 Å². The lowest BCUT2D eigenvalue weighted by atomic mass is 9.12. The van der Waals surface area contributed by atoms with Crippen LogP contribution in [-0.2, 0) is 17.3 Å². The number of aryl methyl sites for hydroxylation is 1. The second-order valence-electron chi connectivity index (χ2n) is 16.9. The molecule has 0 saturated carbocycles. The maximum absolute atomic E-state index is 15.4. The molecule has 0 N–H and O–H groups in total. The van der Waals surface area contributed by atoms with Crippen molar-refractivity contribution >= 4 is 44.7 Å². The van der Waals surface area contributed by atoms with Gasteiger partial charge in [0.25, 0.3) is 0 Å². The number of unbranched alkanes of at least 4 members (excludes halogenated alkanes) is 9. The molecule has 398 valence electrons. The zero-order valence-electron chi connectivity index (χ0n) is 38.6. The minimum Gasteiger partial charge on any atom is -0.289 e. The highest BCUT2D eigenvalue weighted by Gasteiger charge is 2.52. The molecule has 6 rings (SSSR count). The van der Waals surface area contributed by atoms with Gasteiger partial charge in [0.15, 0.2) is 80.5 Å². The Hall–Kier alpha value is -6.00. The van der Waals surface area contributed by atoms with Crippen molar-refractivity contribution in [2.24, 2.45) is 0 Å². The number of ketones is 1. The summed E-state index contributed by atoms with van der Waals surface area (Å²) in [6.07, 6.45) is 9.99. The van der Waals surface area contributed by atoms with E-state index >= 15 is 35.1 Å². The lowest BCUT2D eigenvalue weighted by Gasteiger charge is -2.44. The maximum Gasteiger partial charge on any atom is 0.212 e. The van der Waals surface area contributed by atoms with Gasteiger partial charge in [0.1, 0.15) is 58.9 Å². The predicted octanol–water partition coefficient (Wildman–Crippen LogP) is 13.5. The van der Waals surface area contributed by atoms with E-state index in [2.05, 4.69) is 37.4 Å². The first kappa shape index (κ1) is 58.9. The van der Waals surface area contributed by atoms with Crippen LogP contribution < -0.4 is 21.9 Å². The van der Waals surface area contributed by atoms with Crippen LogP contribution in [0, 0.1) is 116 Å². The van der Waals surface area contributed by atoms with E-state index in [1.807, 2.05) is 30.3 Å². The predicted molar refractivity (Wildman–Crippen MR) is 238 cm³/mol. The number of benzene rings is 6. The van der Waals surface area contributed by atoms with E-state index in [1.165, 1.54) is 81.1 Å². The molecule has 0 heterocycles. The molecule has 0 radical (unpaired) electrons. The number of hydrogen-bond acceptors (Lipinski definition) is 1. The molecule has 0 aliphatic heterocycles. The molecule has 0 saturated heterocycles. The number of Topliss-reactive ketones (excluding diaryl/α,β-unsaturated/α-hetero) is 1. The zero-order chi connectivity index (χ0) is 55.1. The smallest absolute Gasteiger partial charge is 0.212 e. The average molecular weight is 1090 g/mol. The number of carbonyl (C=O) groups is 1. The van der Waals surface area contributed by atoms with E-state index in [4.69, 9.17) is 0 Å². The Balaban J connectivity index is 0.000000302. The van der Waals surface area contributed by atoms with Crippen LogP contribution in [0.2, 0.25) is 0 Å². The highest BCUT2D eigenvalue weighted by Crippen LogP contribution is 2.31. The second kappa shape index (κ2) is 25.0. The fraction of sp³-hybridized carbons (Fsp3) is 0.275. The van der Waals surface area contributed by atoms with Crippen LogP contribution in [0.15, 0.2) is 59.5 Å². The van der Waals surface area contributed by atoms with Gasteiger partial charge in [0.2, 0.25) is 5.78 Å². The van der Waals surface area contributed by atoms with Crippen molar-refractivity contribution in [1.82, 2.24) is 0 Å². The van der Waals surface area contributed by atoms with Crippen LogP contribution in [-0.4, -0.2) is 23.9 Å². The molecule has 0 aliphatic rings. The van der Waals surface area contributed by atoms with Crippen LogP contribution in [0.3, 0.4) is 0 Å². The van der Waals surface area contributed by atoms with Gasteiger partial charge in [-0.15, -0.1) is 21.9 Å². The van der Waals surface area contributed by atoms with Crippen molar-refractivity contribution in [2.45, 2.75) is 82.4 Å². The molecule has 23 heteroatoms. The van der Waals surface area contributed by atoms with Crippen LogP contribution in [0.5, 0.6) is 0 Å². The Morgan fingerprint density at radius 1 is 0.365 bits per heavy atom. The third-order valence-corrected chi connectivity index (χ3v) is 14.1. The summed E-state index contributed by atoms with van der Waals surface area (Å²) in [5.74, 6) is -70.6. The van der Waals surface area contributed by atoms with Gasteiger partial charge in [-0.25, -0.2) is 87.8 Å². The van der Waals surface area contributed by atoms with Gasteiger partial charge in [-0.1, -0.05) is 107 Å². The molecular weight excluding hydrogens is 1050 g/mol. The van der Waals surface area contributed by atoms with Gasteiger partial charge < -0.3 is 0 Å². The third kappa shape index (κ3) is 11.5. The first-order valence-electron chi connectivity index (χ1n) is 22.4. The minimum absolute atomic E-state index is 0.0364. The van der Waals surface area contributed by atoms with Crippen molar-refractivity contribution in [3.05, 3.63) is 182 Å². The molecule has 6 aromatic rings. The molecule has 6 aromatic carbocycles. The molecule has 74 heavy (non-hydrogen) atoms. The summed E-state index contributed by atoms with van der Waals surface area (Å²) < 4.78 is 294. The van der Waals surface area contributed by atoms with Gasteiger partial charge in [0.05, 0.1) is 0 Å². The molecule has 0 bridgehead atoms. The zero-order valence-corrected chi connectivity index (χ0v) is 39.5. The third-order valence-electron chi connectivity index (χ3n) is 12.3. The molecule has 0 fully saturated rings. The summed E-state index contributed by atoms with van der Waals surface area (Å²) in [4.78, 5) is 13.7. The Bertz CT molecular complexity index is 2630. The molecule has 1 atom stereocenters. The van der Waals surface area contributed by atoms with Gasteiger partial charge in [-0.3, -0.25) is 4.79 Å². The van der Waals surface area contributed by atoms with Crippen molar-refractivity contribution in [2.75, 3.05) is 12.0 Å². The summed E-state index contributed by atoms with van der Waals surface area (Å²) in [6.45, 7) is 2.28. The van der Waals surface area contributed by atoms with Crippen LogP contribution in [0.1, 0.15) is 87.1 Å². The lowest BCUT2D eigenvalue weighted by molar-refractivity contribution is 0.102. The van der Waals surface area contributed by atoms with Crippen molar-refractivity contribution < 1.29 is 92.6 Å². The Kier molecular flexibility index (Phi) is 19.9. The van der Waals surface area contributed by atoms with E-state index in [0.717, 1.165) is 5.56 Å². The minimum atomic E-state index is -7.22. The van der Waals surface area contributed by atoms with Crippen molar-refractivity contribution in [3.63, 3.8) is 0 Å². The van der Waals surface area contributed by atoms with Gasteiger partial charge in [0, 0.05) is 16.5 Å². The summed E-state index contributed by atoms with van der Waals surface area (Å²) in [6, 6.07) is 18.6. The number of rotatable bonds is 19. The SMILES string of the molecule is CCCCCCCCCCCCc1ccc([S+](C)CC(=O)c2ccccc2)cc1.Fc1c(F)c(F)c([B-](c2c(F)c(F)c(F)c(F)c2F)(c2c(F)c(F)c(F)c(F)c2F)c2c(F)c(F)c(F)c(F)c2F)c(F)c1F. The van der Waals surface area contributed by atoms with Crippen LogP contribution in [0.25, 0.3) is 0 Å². The van der Waals surface area contributed by atoms with E-state index in [-0.39, 0.29) is 16.7 Å². The van der Waals surface area contributed by atoms with E-state index in [1.54, 1.807) is 0 Å². The first-order valence-corrected chi connectivity index (χ1v) is 24.2. The monoisotopic (exact) mass is 1090 g/mol. The highest BCUT2D eigenvalue weighted by atomic mass is 32.2. The largest absolute Gasteiger partial charge is 0.289 e. The van der Waals surface area contributed by atoms with E-state index in [9.17, 15) is 57.5 Å². The standard InChI is InChI=1S/C27H39OS.C24BF20/c1-3-4-5-6-7-8-9-10-11-13-16-24-19-21-26(22-20-24)29(2)23-27(28)25-17-14-12-15-18-25;26-5-1(6(27)14(35)21(42)13(5)34)25(2-7(28)15(36)22(43)16(37)8(2)29,3-9(30)17(38)23(44)18(39)10(3)31)4-11(32)19(40)24(45)20(41)12(4)33/h12,14-15,17-22H,3-11,13,16,23H2,1-2H3;/q+1;-1. The Morgan fingerprint density at radius 2 is 0.635 bits per heavy atom. The number of halogens is 20. The van der Waals surface area contributed by atoms with Crippen molar-refractivity contribution in [1.29, 1.82) is 0 Å². The molecule has 1 nitrogen and oxygen atoms in total. The van der Waals surface area contributed by atoms with Crippen LogP contribution >= 0.6 is 0 Å². The highest BCUT2D eigenvalue weighted by molar-refractivity contribution is 7.96. The summed E-state index contributed by atoms with van der Waals surface area (Å²) in [7, 11) is -0.0364. The lowest BCUT2D eigenvalue weighted by Crippen LogP contribution is -2.81. The molecule has 0 amide bonds. The molecule has 0 aromatic heterocycles. The number of carbonyl (C=O) groups excluding carboxylic acids is 1. The maximum atomic E-state index is 15.4. The van der Waals surface area contributed by atoms with E-state index < -0.39 is 144 Å². The second-order valence-corrected chi connectivity index (χ2v) is 19.0. The molecular formula is C51H39BF20OS. The summed E-state index contributed by atoms with van der Waals surface area (Å²) in [5.41, 5.74) is -12.1. The van der Waals surface area contributed by atoms with Gasteiger partial charge in [-0.2, -0.15) is 0 Å². The molecule has 1 unspecified atom stereocenters. The van der Waals surface area contributed by atoms with Crippen molar-refractivity contribution in [3.8, 4) is 0 Å². The van der Waals surface area contributed by atoms with Gasteiger partial charge in [-0.05, 0) is 30.5 Å². The fourth-order valence-electron chi connectivity index (χ4n) is 8.57. The Morgan fingerprint density at radius 3 is 0.932 bits per heavy atom. The number of hydrogen-bond donors (Lipinski definition) is 0. The molecule has 0 aliphatic carbocycles. The average Bonchev–Trinajstić information content (AvgIpc) is 3.39. The summed E-state index contributed by atoms with van der Waals surface area (Å²) in [5, 5.41) is 0. The van der Waals surface area contributed by atoms with Crippen LogP contribution in [0.4, 0.5) is 87.8 Å². The topological polar surface area (TPSA) is 17.1 Å². The molecule has 0 spiro atoms. The fourth-order valence-corrected chi connectivity index (χ4v) is 9.89. The summed E-state index contributed by atoms with van der Waals surface area (Å²) >= 11 is 0.